The molecule has 1 fully saturated rings. The molecule has 1 aliphatic rings. The maximum absolute atomic E-state index is 13.5. The summed E-state index contributed by atoms with van der Waals surface area (Å²) in [6, 6.07) is 4.12. The van der Waals surface area contributed by atoms with Crippen molar-refractivity contribution in [2.45, 2.75) is 31.7 Å². The van der Waals surface area contributed by atoms with Crippen LogP contribution >= 0.6 is 0 Å². The van der Waals surface area contributed by atoms with Gasteiger partial charge in [-0.3, -0.25) is 0 Å². The zero-order chi connectivity index (χ0) is 13.9. The first-order valence-corrected chi connectivity index (χ1v) is 6.69. The molecular weight excluding hydrogens is 264 g/mol. The van der Waals surface area contributed by atoms with Crippen molar-refractivity contribution in [1.29, 1.82) is 0 Å². The lowest BCUT2D eigenvalue weighted by molar-refractivity contribution is 0.371. The molecular formula is C14H15F2N3O. The van der Waals surface area contributed by atoms with Crippen LogP contribution in [0.2, 0.25) is 0 Å². The molecule has 1 aliphatic carbocycles. The van der Waals surface area contributed by atoms with Crippen molar-refractivity contribution in [3.8, 4) is 0 Å². The zero-order valence-corrected chi connectivity index (χ0v) is 10.9. The van der Waals surface area contributed by atoms with Gasteiger partial charge in [-0.2, -0.15) is 4.98 Å². The molecule has 106 valence electrons. The van der Waals surface area contributed by atoms with Gasteiger partial charge in [-0.05, 0) is 24.5 Å². The molecule has 2 aromatic rings. The van der Waals surface area contributed by atoms with Gasteiger partial charge in [0.1, 0.15) is 11.6 Å². The summed E-state index contributed by atoms with van der Waals surface area (Å²) in [4.78, 5) is 4.21. The first-order valence-electron chi connectivity index (χ1n) is 6.69. The molecule has 1 N–H and O–H groups in total. The van der Waals surface area contributed by atoms with Crippen LogP contribution in [0.25, 0.3) is 0 Å². The highest BCUT2D eigenvalue weighted by molar-refractivity contribution is 5.21. The Hall–Kier alpha value is -1.82. The minimum Gasteiger partial charge on any atom is -0.339 e. The average molecular weight is 279 g/mol. The van der Waals surface area contributed by atoms with E-state index in [0.717, 1.165) is 12.6 Å². The van der Waals surface area contributed by atoms with E-state index in [1.807, 2.05) is 0 Å². The predicted octanol–water partition coefficient (Wildman–Crippen LogP) is 2.23. The van der Waals surface area contributed by atoms with Gasteiger partial charge in [-0.25, -0.2) is 8.78 Å². The summed E-state index contributed by atoms with van der Waals surface area (Å²) in [7, 11) is 0. The molecule has 3 rings (SSSR count). The second-order valence-electron chi connectivity index (χ2n) is 5.00. The van der Waals surface area contributed by atoms with Gasteiger partial charge in [0.2, 0.25) is 5.89 Å². The number of nitrogens with one attached hydrogen (secondary N) is 1. The minimum atomic E-state index is -0.591. The molecule has 0 amide bonds. The Labute approximate surface area is 115 Å². The van der Waals surface area contributed by atoms with Crippen LogP contribution < -0.4 is 5.32 Å². The number of aromatic nitrogens is 2. The molecule has 0 atom stereocenters. The van der Waals surface area contributed by atoms with E-state index in [2.05, 4.69) is 15.5 Å². The van der Waals surface area contributed by atoms with Crippen LogP contribution in [0.3, 0.4) is 0 Å². The van der Waals surface area contributed by atoms with E-state index in [-0.39, 0.29) is 6.42 Å². The number of rotatable bonds is 6. The highest BCUT2D eigenvalue weighted by atomic mass is 19.1. The monoisotopic (exact) mass is 279 g/mol. The normalized spacial score (nSPS) is 14.7. The van der Waals surface area contributed by atoms with E-state index >= 15 is 0 Å². The van der Waals surface area contributed by atoms with Crippen molar-refractivity contribution in [1.82, 2.24) is 15.5 Å². The second-order valence-corrected chi connectivity index (χ2v) is 5.00. The highest BCUT2D eigenvalue weighted by Crippen LogP contribution is 2.18. The maximum atomic E-state index is 13.5. The molecule has 4 nitrogen and oxygen atoms in total. The largest absolute Gasteiger partial charge is 0.339 e. The Bertz CT molecular complexity index is 596. The number of nitrogens with zero attached hydrogens (tertiary/aromatic N) is 2. The standard InChI is InChI=1S/C14H15F2N3O/c15-10-2-1-9(12(16)8-10)7-13-18-14(20-19-13)5-6-17-11-3-4-11/h1-2,8,11,17H,3-7H2. The Morgan fingerprint density at radius 3 is 2.90 bits per heavy atom. The fourth-order valence-electron chi connectivity index (χ4n) is 1.97. The summed E-state index contributed by atoms with van der Waals surface area (Å²) >= 11 is 0. The summed E-state index contributed by atoms with van der Waals surface area (Å²) in [5, 5.41) is 7.16. The summed E-state index contributed by atoms with van der Waals surface area (Å²) in [6.45, 7) is 0.803. The smallest absolute Gasteiger partial charge is 0.227 e. The molecule has 1 aromatic heterocycles. The van der Waals surface area contributed by atoms with E-state index in [1.54, 1.807) is 0 Å². The third kappa shape index (κ3) is 3.39. The van der Waals surface area contributed by atoms with Crippen LogP contribution in [-0.2, 0) is 12.8 Å². The molecule has 1 heterocycles. The molecule has 20 heavy (non-hydrogen) atoms. The van der Waals surface area contributed by atoms with Crippen molar-refractivity contribution >= 4 is 0 Å². The number of halogens is 2. The van der Waals surface area contributed by atoms with Crippen LogP contribution in [0.5, 0.6) is 0 Å². The van der Waals surface area contributed by atoms with Gasteiger partial charge in [0.25, 0.3) is 0 Å². The maximum Gasteiger partial charge on any atom is 0.227 e. The summed E-state index contributed by atoms with van der Waals surface area (Å²) in [5.74, 6) is -0.231. The molecule has 0 aliphatic heterocycles. The molecule has 0 spiro atoms. The lowest BCUT2D eigenvalue weighted by Gasteiger charge is -1.99. The van der Waals surface area contributed by atoms with Gasteiger partial charge in [0, 0.05) is 31.5 Å². The van der Waals surface area contributed by atoms with Gasteiger partial charge in [0.15, 0.2) is 5.82 Å². The number of benzene rings is 1. The van der Waals surface area contributed by atoms with Crippen LogP contribution in [0.15, 0.2) is 22.7 Å². The van der Waals surface area contributed by atoms with E-state index in [1.165, 1.54) is 25.0 Å². The fraction of sp³-hybridized carbons (Fsp3) is 0.429. The first kappa shape index (κ1) is 13.2. The Balaban J connectivity index is 1.58. The van der Waals surface area contributed by atoms with E-state index in [9.17, 15) is 8.78 Å². The van der Waals surface area contributed by atoms with Crippen molar-refractivity contribution in [3.05, 3.63) is 47.1 Å². The quantitative estimate of drug-likeness (QED) is 0.881. The molecule has 0 bridgehead atoms. The SMILES string of the molecule is Fc1ccc(Cc2noc(CCNC3CC3)n2)c(F)c1. The van der Waals surface area contributed by atoms with Gasteiger partial charge in [-0.15, -0.1) is 0 Å². The molecule has 1 aromatic carbocycles. The Morgan fingerprint density at radius 2 is 2.15 bits per heavy atom. The van der Waals surface area contributed by atoms with Gasteiger partial charge in [-0.1, -0.05) is 11.2 Å². The lowest BCUT2D eigenvalue weighted by Crippen LogP contribution is -2.19. The zero-order valence-electron chi connectivity index (χ0n) is 10.9. The Morgan fingerprint density at radius 1 is 1.30 bits per heavy atom. The summed E-state index contributed by atoms with van der Waals surface area (Å²) in [5.41, 5.74) is 0.356. The van der Waals surface area contributed by atoms with Crippen LogP contribution in [0.4, 0.5) is 8.78 Å². The van der Waals surface area contributed by atoms with Crippen molar-refractivity contribution in [2.24, 2.45) is 0 Å². The number of hydrogen-bond acceptors (Lipinski definition) is 4. The fourth-order valence-corrected chi connectivity index (χ4v) is 1.97. The number of hydrogen-bond donors (Lipinski definition) is 1. The van der Waals surface area contributed by atoms with Gasteiger partial charge in [0.05, 0.1) is 0 Å². The molecule has 0 unspecified atom stereocenters. The van der Waals surface area contributed by atoms with Crippen LogP contribution in [-0.4, -0.2) is 22.7 Å². The van der Waals surface area contributed by atoms with Gasteiger partial charge >= 0.3 is 0 Å². The summed E-state index contributed by atoms with van der Waals surface area (Å²) < 4.78 is 31.4. The molecule has 0 radical (unpaired) electrons. The third-order valence-electron chi connectivity index (χ3n) is 3.22. The highest BCUT2D eigenvalue weighted by Gasteiger charge is 2.20. The van der Waals surface area contributed by atoms with Gasteiger partial charge < -0.3 is 9.84 Å². The summed E-state index contributed by atoms with van der Waals surface area (Å²) in [6.07, 6.45) is 3.33. The lowest BCUT2D eigenvalue weighted by atomic mass is 10.1. The van der Waals surface area contributed by atoms with Crippen LogP contribution in [0, 0.1) is 11.6 Å². The van der Waals surface area contributed by atoms with Crippen molar-refractivity contribution < 1.29 is 13.3 Å². The van der Waals surface area contributed by atoms with Crippen molar-refractivity contribution in [3.63, 3.8) is 0 Å². The topological polar surface area (TPSA) is 51.0 Å². The molecule has 0 saturated heterocycles. The predicted molar refractivity (Wildman–Crippen MR) is 68.2 cm³/mol. The first-order chi connectivity index (χ1) is 9.70. The third-order valence-corrected chi connectivity index (χ3v) is 3.22. The second kappa shape index (κ2) is 5.66. The Kier molecular flexibility index (Phi) is 3.73. The van der Waals surface area contributed by atoms with Crippen LogP contribution in [0.1, 0.15) is 30.1 Å². The van der Waals surface area contributed by atoms with E-state index in [0.29, 0.717) is 29.7 Å². The average Bonchev–Trinajstić information content (AvgIpc) is 3.12. The van der Waals surface area contributed by atoms with E-state index < -0.39 is 11.6 Å². The molecule has 6 heteroatoms. The minimum absolute atomic E-state index is 0.200. The van der Waals surface area contributed by atoms with E-state index in [4.69, 9.17) is 4.52 Å². The van der Waals surface area contributed by atoms with Crippen molar-refractivity contribution in [2.75, 3.05) is 6.54 Å². The molecule has 1 saturated carbocycles.